The maximum absolute atomic E-state index is 12.8. The molecule has 0 saturated carbocycles. The number of para-hydroxylation sites is 1. The van der Waals surface area contributed by atoms with Gasteiger partial charge in [0.2, 0.25) is 0 Å². The molecule has 3 rings (SSSR count). The Morgan fingerprint density at radius 2 is 2.00 bits per heavy atom. The SMILES string of the molecule is CC(=O)c1cccc2c1OB(O)[C@@H](CC(=O)c1cccc(CCCCN)c1)C2. The number of Topliss-reactive ketones (excluding diaryl/α,β-unsaturated/α-hetero) is 2. The zero-order valence-electron chi connectivity index (χ0n) is 16.2. The second kappa shape index (κ2) is 9.17. The van der Waals surface area contributed by atoms with E-state index in [2.05, 4.69) is 0 Å². The van der Waals surface area contributed by atoms with Crippen LogP contribution >= 0.6 is 0 Å². The molecular formula is C22H26BNO4. The summed E-state index contributed by atoms with van der Waals surface area (Å²) >= 11 is 0. The molecule has 0 unspecified atom stereocenters. The summed E-state index contributed by atoms with van der Waals surface area (Å²) in [6.45, 7) is 2.15. The average molecular weight is 379 g/mol. The van der Waals surface area contributed by atoms with Gasteiger partial charge < -0.3 is 15.4 Å². The maximum atomic E-state index is 12.8. The highest BCUT2D eigenvalue weighted by molar-refractivity contribution is 6.47. The molecule has 0 bridgehead atoms. The lowest BCUT2D eigenvalue weighted by Gasteiger charge is -2.28. The number of fused-ring (bicyclic) bond motifs is 1. The van der Waals surface area contributed by atoms with E-state index in [1.54, 1.807) is 12.1 Å². The zero-order chi connectivity index (χ0) is 20.1. The maximum Gasteiger partial charge on any atom is 0.526 e. The molecule has 5 nitrogen and oxygen atoms in total. The third-order valence-electron chi connectivity index (χ3n) is 5.22. The predicted octanol–water partition coefficient (Wildman–Crippen LogP) is 3.23. The Hall–Kier alpha value is -2.44. The zero-order valence-corrected chi connectivity index (χ0v) is 16.2. The molecule has 2 aromatic carbocycles. The number of carbonyl (C=O) groups excluding carboxylic acids is 2. The monoisotopic (exact) mass is 379 g/mol. The van der Waals surface area contributed by atoms with E-state index < -0.39 is 7.12 Å². The molecule has 3 N–H and O–H groups in total. The van der Waals surface area contributed by atoms with Crippen LogP contribution in [0.15, 0.2) is 42.5 Å². The van der Waals surface area contributed by atoms with E-state index in [-0.39, 0.29) is 23.8 Å². The third-order valence-corrected chi connectivity index (χ3v) is 5.22. The Morgan fingerprint density at radius 3 is 2.75 bits per heavy atom. The molecule has 1 atom stereocenters. The fourth-order valence-electron chi connectivity index (χ4n) is 3.66. The van der Waals surface area contributed by atoms with Crippen LogP contribution < -0.4 is 10.4 Å². The Bertz CT molecular complexity index is 867. The van der Waals surface area contributed by atoms with Gasteiger partial charge in [0, 0.05) is 17.8 Å². The van der Waals surface area contributed by atoms with Crippen LogP contribution in [0.25, 0.3) is 0 Å². The van der Waals surface area contributed by atoms with Gasteiger partial charge in [-0.3, -0.25) is 9.59 Å². The minimum absolute atomic E-state index is 0.0144. The number of rotatable bonds is 8. The lowest BCUT2D eigenvalue weighted by molar-refractivity contribution is 0.0971. The molecule has 1 aliphatic heterocycles. The van der Waals surface area contributed by atoms with Crippen LogP contribution in [0, 0.1) is 0 Å². The van der Waals surface area contributed by atoms with Gasteiger partial charge in [0.15, 0.2) is 11.6 Å². The van der Waals surface area contributed by atoms with Crippen molar-refractivity contribution in [1.82, 2.24) is 0 Å². The summed E-state index contributed by atoms with van der Waals surface area (Å²) in [5.74, 6) is -0.0271. The first-order valence-electron chi connectivity index (χ1n) is 9.79. The van der Waals surface area contributed by atoms with Gasteiger partial charge in [-0.25, -0.2) is 0 Å². The molecule has 0 fully saturated rings. The second-order valence-electron chi connectivity index (χ2n) is 7.40. The number of carbonyl (C=O) groups is 2. The molecule has 6 heteroatoms. The number of benzene rings is 2. The van der Waals surface area contributed by atoms with E-state index in [0.717, 1.165) is 30.4 Å². The summed E-state index contributed by atoms with van der Waals surface area (Å²) in [6.07, 6.45) is 3.55. The number of hydrogen-bond acceptors (Lipinski definition) is 5. The molecule has 0 amide bonds. The number of ketones is 2. The quantitative estimate of drug-likeness (QED) is 0.418. The normalized spacial score (nSPS) is 15.7. The number of nitrogens with two attached hydrogens (primary N) is 1. The van der Waals surface area contributed by atoms with Crippen molar-refractivity contribution in [2.45, 2.75) is 44.8 Å². The van der Waals surface area contributed by atoms with Crippen molar-refractivity contribution < 1.29 is 19.3 Å². The molecule has 146 valence electrons. The average Bonchev–Trinajstić information content (AvgIpc) is 2.68. The number of aryl methyl sites for hydroxylation is 1. The molecule has 0 radical (unpaired) electrons. The molecule has 1 heterocycles. The summed E-state index contributed by atoms with van der Waals surface area (Å²) in [4.78, 5) is 24.6. The van der Waals surface area contributed by atoms with Crippen LogP contribution in [0.2, 0.25) is 5.82 Å². The Labute approximate surface area is 166 Å². The van der Waals surface area contributed by atoms with Gasteiger partial charge in [0.05, 0.1) is 5.56 Å². The summed E-state index contributed by atoms with van der Waals surface area (Å²) in [5, 5.41) is 10.4. The van der Waals surface area contributed by atoms with Gasteiger partial charge in [0.25, 0.3) is 0 Å². The Kier molecular flexibility index (Phi) is 6.65. The highest BCUT2D eigenvalue weighted by atomic mass is 16.5. The third kappa shape index (κ3) is 4.69. The molecule has 28 heavy (non-hydrogen) atoms. The van der Waals surface area contributed by atoms with Crippen molar-refractivity contribution in [3.05, 3.63) is 64.7 Å². The summed E-state index contributed by atoms with van der Waals surface area (Å²) in [5.41, 5.74) is 8.63. The van der Waals surface area contributed by atoms with Crippen LogP contribution in [-0.2, 0) is 12.8 Å². The van der Waals surface area contributed by atoms with Crippen molar-refractivity contribution in [1.29, 1.82) is 0 Å². The van der Waals surface area contributed by atoms with E-state index in [1.165, 1.54) is 6.92 Å². The largest absolute Gasteiger partial charge is 0.535 e. The van der Waals surface area contributed by atoms with E-state index in [1.807, 2.05) is 30.3 Å². The van der Waals surface area contributed by atoms with Crippen molar-refractivity contribution in [3.63, 3.8) is 0 Å². The van der Waals surface area contributed by atoms with Gasteiger partial charge >= 0.3 is 7.12 Å². The van der Waals surface area contributed by atoms with Gasteiger partial charge in [-0.2, -0.15) is 0 Å². The first kappa shape index (κ1) is 20.3. The molecule has 0 aromatic heterocycles. The van der Waals surface area contributed by atoms with Gasteiger partial charge in [-0.15, -0.1) is 0 Å². The summed E-state index contributed by atoms with van der Waals surface area (Å²) in [6, 6.07) is 13.0. The molecule has 2 aromatic rings. The number of hydrogen-bond donors (Lipinski definition) is 2. The van der Waals surface area contributed by atoms with E-state index in [9.17, 15) is 14.6 Å². The van der Waals surface area contributed by atoms with Crippen LogP contribution in [0.3, 0.4) is 0 Å². The Morgan fingerprint density at radius 1 is 1.21 bits per heavy atom. The van der Waals surface area contributed by atoms with Crippen molar-refractivity contribution >= 4 is 18.7 Å². The second-order valence-corrected chi connectivity index (χ2v) is 7.40. The van der Waals surface area contributed by atoms with Gasteiger partial charge in [-0.1, -0.05) is 30.3 Å². The van der Waals surface area contributed by atoms with Gasteiger partial charge in [0.1, 0.15) is 5.75 Å². The van der Waals surface area contributed by atoms with Crippen LogP contribution in [0.4, 0.5) is 0 Å². The standard InChI is InChI=1S/C22H26BNO4/c1-15(25)20-10-5-9-18-13-19(23(27)28-22(18)20)14-21(26)17-8-4-7-16(12-17)6-2-3-11-24/h4-5,7-10,12,19,27H,2-3,6,11,13-14,24H2,1H3/t19-/m1/s1. The lowest BCUT2D eigenvalue weighted by atomic mass is 9.64. The van der Waals surface area contributed by atoms with E-state index in [0.29, 0.717) is 29.8 Å². The van der Waals surface area contributed by atoms with Crippen LogP contribution in [0.5, 0.6) is 5.75 Å². The molecule has 0 aliphatic carbocycles. The van der Waals surface area contributed by atoms with Crippen LogP contribution in [-0.4, -0.2) is 30.3 Å². The smallest absolute Gasteiger partial charge is 0.526 e. The topological polar surface area (TPSA) is 89.6 Å². The lowest BCUT2D eigenvalue weighted by Crippen LogP contribution is -2.35. The fourth-order valence-corrected chi connectivity index (χ4v) is 3.66. The summed E-state index contributed by atoms with van der Waals surface area (Å²) < 4.78 is 5.63. The molecule has 0 saturated heterocycles. The minimum Gasteiger partial charge on any atom is -0.535 e. The van der Waals surface area contributed by atoms with E-state index >= 15 is 0 Å². The van der Waals surface area contributed by atoms with Gasteiger partial charge in [-0.05, 0) is 62.4 Å². The molecule has 0 spiro atoms. The van der Waals surface area contributed by atoms with Crippen molar-refractivity contribution in [2.24, 2.45) is 5.73 Å². The first-order valence-corrected chi connectivity index (χ1v) is 9.79. The number of unbranched alkanes of at least 4 members (excludes halogenated alkanes) is 1. The summed E-state index contributed by atoms with van der Waals surface area (Å²) in [7, 11) is -1.11. The van der Waals surface area contributed by atoms with E-state index in [4.69, 9.17) is 10.4 Å². The highest BCUT2D eigenvalue weighted by Gasteiger charge is 2.37. The van der Waals surface area contributed by atoms with Crippen molar-refractivity contribution in [3.8, 4) is 5.75 Å². The fraction of sp³-hybridized carbons (Fsp3) is 0.364. The predicted molar refractivity (Wildman–Crippen MR) is 110 cm³/mol. The minimum atomic E-state index is -1.11. The van der Waals surface area contributed by atoms with Crippen molar-refractivity contribution in [2.75, 3.05) is 6.54 Å². The van der Waals surface area contributed by atoms with Crippen LogP contribution in [0.1, 0.15) is 58.0 Å². The first-order chi connectivity index (χ1) is 13.5. The highest BCUT2D eigenvalue weighted by Crippen LogP contribution is 2.36. The molecule has 1 aliphatic rings. The molecular weight excluding hydrogens is 353 g/mol. The Balaban J connectivity index is 1.70.